The van der Waals surface area contributed by atoms with E-state index in [4.69, 9.17) is 0 Å². The Balaban J connectivity index is 1.91. The molecule has 1 aromatic heterocycles. The van der Waals surface area contributed by atoms with Crippen LogP contribution in [0.5, 0.6) is 0 Å². The molecule has 3 heteroatoms. The number of Topliss-reactive ketones (excluding diaryl/α,β-unsaturated/α-hetero) is 1. The van der Waals surface area contributed by atoms with Crippen LogP contribution in [-0.2, 0) is 6.42 Å². The van der Waals surface area contributed by atoms with Gasteiger partial charge in [-0.05, 0) is 47.5 Å². The number of halogens is 1. The smallest absolute Gasteiger partial charge is 0.168 e. The Hall–Kier alpha value is -2.00. The first-order valence-electron chi connectivity index (χ1n) is 6.76. The van der Waals surface area contributed by atoms with Crippen molar-refractivity contribution in [1.82, 2.24) is 4.98 Å². The first-order valence-corrected chi connectivity index (χ1v) is 7.56. The van der Waals surface area contributed by atoms with Gasteiger partial charge in [-0.25, -0.2) is 0 Å². The summed E-state index contributed by atoms with van der Waals surface area (Å²) in [6.45, 7) is 1.98. The average molecular weight is 340 g/mol. The molecule has 1 heterocycles. The fourth-order valence-corrected chi connectivity index (χ4v) is 2.73. The molecule has 0 spiro atoms. The maximum Gasteiger partial charge on any atom is 0.168 e. The van der Waals surface area contributed by atoms with Crippen molar-refractivity contribution in [3.8, 4) is 0 Å². The fraction of sp³-hybridized carbons (Fsp3) is 0.111. The highest BCUT2D eigenvalue weighted by Gasteiger charge is 2.10. The van der Waals surface area contributed by atoms with Crippen molar-refractivity contribution in [1.29, 1.82) is 0 Å². The van der Waals surface area contributed by atoms with Crippen molar-refractivity contribution in [3.05, 3.63) is 76.0 Å². The Bertz CT molecular complexity index is 826. The molecular weight excluding hydrogens is 326 g/mol. The first kappa shape index (κ1) is 14.0. The van der Waals surface area contributed by atoms with Gasteiger partial charge in [0, 0.05) is 16.2 Å². The molecule has 0 bridgehead atoms. The van der Waals surface area contributed by atoms with Crippen molar-refractivity contribution in [2.45, 2.75) is 13.3 Å². The predicted octanol–water partition coefficient (Wildman–Crippen LogP) is 4.73. The maximum absolute atomic E-state index is 12.4. The lowest BCUT2D eigenvalue weighted by Crippen LogP contribution is -2.06. The van der Waals surface area contributed by atoms with Gasteiger partial charge in [0.2, 0.25) is 0 Å². The van der Waals surface area contributed by atoms with Crippen LogP contribution in [0.15, 0.2) is 59.2 Å². The molecule has 0 N–H and O–H groups in total. The highest BCUT2D eigenvalue weighted by Crippen LogP contribution is 2.21. The van der Waals surface area contributed by atoms with Crippen LogP contribution in [0.1, 0.15) is 21.6 Å². The van der Waals surface area contributed by atoms with E-state index in [1.807, 2.05) is 55.5 Å². The van der Waals surface area contributed by atoms with E-state index in [1.165, 1.54) is 0 Å². The van der Waals surface area contributed by atoms with Gasteiger partial charge >= 0.3 is 0 Å². The molecule has 0 atom stereocenters. The van der Waals surface area contributed by atoms with Crippen molar-refractivity contribution >= 4 is 32.5 Å². The van der Waals surface area contributed by atoms with Crippen LogP contribution in [0.2, 0.25) is 0 Å². The number of benzene rings is 2. The Morgan fingerprint density at radius 2 is 1.86 bits per heavy atom. The van der Waals surface area contributed by atoms with E-state index in [-0.39, 0.29) is 5.78 Å². The number of aryl methyl sites for hydroxylation is 1. The van der Waals surface area contributed by atoms with Crippen LogP contribution in [0.25, 0.3) is 10.8 Å². The van der Waals surface area contributed by atoms with E-state index < -0.39 is 0 Å². The molecule has 3 rings (SSSR count). The number of carbonyl (C=O) groups is 1. The van der Waals surface area contributed by atoms with E-state index in [0.29, 0.717) is 6.42 Å². The van der Waals surface area contributed by atoms with Crippen molar-refractivity contribution in [2.24, 2.45) is 0 Å². The fourth-order valence-electron chi connectivity index (χ4n) is 2.35. The molecule has 0 unspecified atom stereocenters. The maximum atomic E-state index is 12.4. The summed E-state index contributed by atoms with van der Waals surface area (Å²) >= 11 is 3.46. The predicted molar refractivity (Wildman–Crippen MR) is 88.7 cm³/mol. The van der Waals surface area contributed by atoms with E-state index >= 15 is 0 Å². The summed E-state index contributed by atoms with van der Waals surface area (Å²) in [4.78, 5) is 16.7. The minimum atomic E-state index is 0.0987. The highest BCUT2D eigenvalue weighted by atomic mass is 79.9. The minimum Gasteiger partial charge on any atom is -0.294 e. The third-order valence-corrected chi connectivity index (χ3v) is 4.06. The van der Waals surface area contributed by atoms with E-state index in [0.717, 1.165) is 32.1 Å². The Labute approximate surface area is 132 Å². The van der Waals surface area contributed by atoms with Crippen LogP contribution in [-0.4, -0.2) is 10.8 Å². The molecule has 0 aliphatic rings. The molecule has 0 aliphatic heterocycles. The van der Waals surface area contributed by atoms with E-state index in [2.05, 4.69) is 20.9 Å². The van der Waals surface area contributed by atoms with Crippen molar-refractivity contribution < 1.29 is 4.79 Å². The third-order valence-electron chi connectivity index (χ3n) is 3.57. The number of pyridine rings is 1. The number of ketones is 1. The van der Waals surface area contributed by atoms with Crippen LogP contribution < -0.4 is 0 Å². The van der Waals surface area contributed by atoms with Gasteiger partial charge in [0.1, 0.15) is 0 Å². The lowest BCUT2D eigenvalue weighted by molar-refractivity contribution is 0.0992. The summed E-state index contributed by atoms with van der Waals surface area (Å²) in [5, 5.41) is 2.19. The molecule has 0 aliphatic carbocycles. The molecule has 2 nitrogen and oxygen atoms in total. The van der Waals surface area contributed by atoms with Gasteiger partial charge in [-0.3, -0.25) is 9.78 Å². The van der Waals surface area contributed by atoms with E-state index in [9.17, 15) is 4.79 Å². The normalized spacial score (nSPS) is 10.8. The Kier molecular flexibility index (Phi) is 3.84. The second kappa shape index (κ2) is 5.78. The zero-order chi connectivity index (χ0) is 14.8. The summed E-state index contributed by atoms with van der Waals surface area (Å²) in [7, 11) is 0. The quantitative estimate of drug-likeness (QED) is 0.645. The first-order chi connectivity index (χ1) is 10.1. The zero-order valence-electron chi connectivity index (χ0n) is 11.6. The number of hydrogen-bond acceptors (Lipinski definition) is 2. The topological polar surface area (TPSA) is 30.0 Å². The Morgan fingerprint density at radius 3 is 2.67 bits per heavy atom. The summed E-state index contributed by atoms with van der Waals surface area (Å²) < 4.78 is 1.04. The van der Waals surface area contributed by atoms with Gasteiger partial charge in [0.25, 0.3) is 0 Å². The number of hydrogen-bond donors (Lipinski definition) is 0. The molecule has 104 valence electrons. The Morgan fingerprint density at radius 1 is 1.10 bits per heavy atom. The van der Waals surface area contributed by atoms with Gasteiger partial charge in [-0.1, -0.05) is 40.2 Å². The van der Waals surface area contributed by atoms with Crippen LogP contribution in [0.3, 0.4) is 0 Å². The standard InChI is InChI=1S/C18H14BrNO/c1-12-3-2-8-20-17(12)11-18(21)15-5-4-14-10-16(19)7-6-13(14)9-15/h2-10H,11H2,1H3. The third kappa shape index (κ3) is 3.03. The van der Waals surface area contributed by atoms with Crippen LogP contribution >= 0.6 is 15.9 Å². The molecular formula is C18H14BrNO. The zero-order valence-corrected chi connectivity index (χ0v) is 13.2. The van der Waals surface area contributed by atoms with Gasteiger partial charge in [0.15, 0.2) is 5.78 Å². The molecule has 0 saturated carbocycles. The van der Waals surface area contributed by atoms with Gasteiger partial charge in [-0.15, -0.1) is 0 Å². The number of aromatic nitrogens is 1. The SMILES string of the molecule is Cc1cccnc1CC(=O)c1ccc2cc(Br)ccc2c1. The molecule has 0 saturated heterocycles. The molecule has 21 heavy (non-hydrogen) atoms. The minimum absolute atomic E-state index is 0.0987. The lowest BCUT2D eigenvalue weighted by Gasteiger charge is -2.05. The highest BCUT2D eigenvalue weighted by molar-refractivity contribution is 9.10. The van der Waals surface area contributed by atoms with Gasteiger partial charge < -0.3 is 0 Å². The van der Waals surface area contributed by atoms with Crippen LogP contribution in [0.4, 0.5) is 0 Å². The van der Waals surface area contributed by atoms with E-state index in [1.54, 1.807) is 6.20 Å². The number of fused-ring (bicyclic) bond motifs is 1. The summed E-state index contributed by atoms with van der Waals surface area (Å²) in [5.74, 6) is 0.0987. The monoisotopic (exact) mass is 339 g/mol. The average Bonchev–Trinajstić information content (AvgIpc) is 2.49. The van der Waals surface area contributed by atoms with Crippen molar-refractivity contribution in [3.63, 3.8) is 0 Å². The summed E-state index contributed by atoms with van der Waals surface area (Å²) in [6.07, 6.45) is 2.07. The lowest BCUT2D eigenvalue weighted by atomic mass is 10.0. The second-order valence-electron chi connectivity index (χ2n) is 5.07. The van der Waals surface area contributed by atoms with Crippen LogP contribution in [0, 0.1) is 6.92 Å². The number of carbonyl (C=O) groups excluding carboxylic acids is 1. The van der Waals surface area contributed by atoms with Gasteiger partial charge in [0.05, 0.1) is 12.1 Å². The van der Waals surface area contributed by atoms with Gasteiger partial charge in [-0.2, -0.15) is 0 Å². The number of nitrogens with zero attached hydrogens (tertiary/aromatic N) is 1. The summed E-state index contributed by atoms with van der Waals surface area (Å²) in [5.41, 5.74) is 2.63. The molecule has 0 radical (unpaired) electrons. The molecule has 0 amide bonds. The summed E-state index contributed by atoms with van der Waals surface area (Å²) in [6, 6.07) is 15.7. The second-order valence-corrected chi connectivity index (χ2v) is 5.99. The van der Waals surface area contributed by atoms with Crippen molar-refractivity contribution in [2.75, 3.05) is 0 Å². The molecule has 3 aromatic rings. The molecule has 0 fully saturated rings. The molecule has 2 aromatic carbocycles. The number of rotatable bonds is 3. The largest absolute Gasteiger partial charge is 0.294 e.